The first-order valence-electron chi connectivity index (χ1n) is 5.41. The molecule has 1 aromatic rings. The summed E-state index contributed by atoms with van der Waals surface area (Å²) in [6.45, 7) is 3.38. The normalized spacial score (nSPS) is 12.9. The zero-order valence-electron chi connectivity index (χ0n) is 10.3. The molecular formula is C12H12BrF3O3. The summed E-state index contributed by atoms with van der Waals surface area (Å²) < 4.78 is 45.9. The maximum atomic E-state index is 12.3. The highest BCUT2D eigenvalue weighted by Crippen LogP contribution is 2.37. The Hall–Kier alpha value is -1.24. The first kappa shape index (κ1) is 15.8. The standard InChI is InChI=1S/C12H12BrF3O3/c1-3-18-8-4-5-10(19-12(14,15)16)9(6-8)11(13)7(2)17/h4-6,11H,3H2,1-2H3. The molecule has 0 saturated carbocycles. The maximum Gasteiger partial charge on any atom is 0.573 e. The molecule has 0 aliphatic carbocycles. The van der Waals surface area contributed by atoms with E-state index in [1.54, 1.807) is 6.92 Å². The van der Waals surface area contributed by atoms with Gasteiger partial charge in [-0.2, -0.15) is 0 Å². The zero-order chi connectivity index (χ0) is 14.6. The van der Waals surface area contributed by atoms with Crippen molar-refractivity contribution in [2.45, 2.75) is 25.0 Å². The van der Waals surface area contributed by atoms with Gasteiger partial charge in [-0.25, -0.2) is 0 Å². The average Bonchev–Trinajstić information content (AvgIpc) is 2.28. The number of rotatable bonds is 5. The van der Waals surface area contributed by atoms with Gasteiger partial charge in [0, 0.05) is 5.56 Å². The van der Waals surface area contributed by atoms with Crippen molar-refractivity contribution in [2.24, 2.45) is 0 Å². The van der Waals surface area contributed by atoms with Gasteiger partial charge in [-0.15, -0.1) is 13.2 Å². The van der Waals surface area contributed by atoms with Crippen LogP contribution in [0.2, 0.25) is 0 Å². The molecule has 106 valence electrons. The van der Waals surface area contributed by atoms with Gasteiger partial charge in [0.1, 0.15) is 22.1 Å². The average molecular weight is 341 g/mol. The van der Waals surface area contributed by atoms with Crippen molar-refractivity contribution >= 4 is 21.7 Å². The number of hydrogen-bond donors (Lipinski definition) is 0. The van der Waals surface area contributed by atoms with Crippen LogP contribution in [0.4, 0.5) is 13.2 Å². The van der Waals surface area contributed by atoms with Crippen molar-refractivity contribution in [1.82, 2.24) is 0 Å². The Kier molecular flexibility index (Phi) is 5.22. The number of ether oxygens (including phenoxy) is 2. The fourth-order valence-electron chi connectivity index (χ4n) is 1.42. The smallest absolute Gasteiger partial charge is 0.494 e. The number of alkyl halides is 4. The number of carbonyl (C=O) groups excluding carboxylic acids is 1. The Balaban J connectivity index is 3.18. The van der Waals surface area contributed by atoms with E-state index in [-0.39, 0.29) is 11.3 Å². The van der Waals surface area contributed by atoms with E-state index in [0.717, 1.165) is 6.07 Å². The number of carbonyl (C=O) groups is 1. The Morgan fingerprint density at radius 3 is 2.53 bits per heavy atom. The van der Waals surface area contributed by atoms with E-state index in [1.165, 1.54) is 19.1 Å². The Bertz CT molecular complexity index is 460. The third-order valence-corrected chi connectivity index (χ3v) is 3.29. The zero-order valence-corrected chi connectivity index (χ0v) is 11.8. The topological polar surface area (TPSA) is 35.5 Å². The summed E-state index contributed by atoms with van der Waals surface area (Å²) in [4.78, 5) is 10.4. The quantitative estimate of drug-likeness (QED) is 0.759. The molecule has 0 N–H and O–H groups in total. The van der Waals surface area contributed by atoms with Gasteiger partial charge in [0.2, 0.25) is 0 Å². The van der Waals surface area contributed by atoms with E-state index in [0.29, 0.717) is 12.4 Å². The van der Waals surface area contributed by atoms with Gasteiger partial charge in [0.15, 0.2) is 0 Å². The van der Waals surface area contributed by atoms with Crippen LogP contribution in [0.3, 0.4) is 0 Å². The SMILES string of the molecule is CCOc1ccc(OC(F)(F)F)c(C(Br)C(C)=O)c1. The number of hydrogen-bond acceptors (Lipinski definition) is 3. The van der Waals surface area contributed by atoms with E-state index in [2.05, 4.69) is 20.7 Å². The molecule has 1 rings (SSSR count). The van der Waals surface area contributed by atoms with Crippen LogP contribution in [0.5, 0.6) is 11.5 Å². The van der Waals surface area contributed by atoms with E-state index in [9.17, 15) is 18.0 Å². The highest BCUT2D eigenvalue weighted by molar-refractivity contribution is 9.09. The van der Waals surface area contributed by atoms with Crippen LogP contribution in [-0.4, -0.2) is 18.8 Å². The molecule has 0 aromatic heterocycles. The Labute approximate surface area is 116 Å². The lowest BCUT2D eigenvalue weighted by Crippen LogP contribution is -2.19. The number of benzene rings is 1. The minimum absolute atomic E-state index is 0.0794. The van der Waals surface area contributed by atoms with Crippen LogP contribution in [-0.2, 0) is 4.79 Å². The second kappa shape index (κ2) is 6.27. The lowest BCUT2D eigenvalue weighted by atomic mass is 10.1. The van der Waals surface area contributed by atoms with Crippen LogP contribution in [0.1, 0.15) is 24.2 Å². The molecule has 0 spiro atoms. The monoisotopic (exact) mass is 340 g/mol. The summed E-state index contributed by atoms with van der Waals surface area (Å²) in [5.74, 6) is -0.383. The maximum absolute atomic E-state index is 12.3. The highest BCUT2D eigenvalue weighted by Gasteiger charge is 2.33. The summed E-state index contributed by atoms with van der Waals surface area (Å²) in [7, 11) is 0. The van der Waals surface area contributed by atoms with Crippen molar-refractivity contribution in [2.75, 3.05) is 6.61 Å². The molecule has 0 aliphatic heterocycles. The van der Waals surface area contributed by atoms with E-state index < -0.39 is 16.9 Å². The Morgan fingerprint density at radius 1 is 1.42 bits per heavy atom. The minimum Gasteiger partial charge on any atom is -0.494 e. The van der Waals surface area contributed by atoms with Crippen molar-refractivity contribution in [3.05, 3.63) is 23.8 Å². The molecule has 0 fully saturated rings. The first-order valence-corrected chi connectivity index (χ1v) is 6.33. The molecule has 3 nitrogen and oxygen atoms in total. The number of Topliss-reactive ketones (excluding diaryl/α,β-unsaturated/α-hetero) is 1. The third kappa shape index (κ3) is 4.74. The van der Waals surface area contributed by atoms with Crippen molar-refractivity contribution in [1.29, 1.82) is 0 Å². The van der Waals surface area contributed by atoms with Crippen LogP contribution < -0.4 is 9.47 Å². The molecule has 0 aliphatic rings. The molecule has 19 heavy (non-hydrogen) atoms. The predicted molar refractivity (Wildman–Crippen MR) is 66.6 cm³/mol. The van der Waals surface area contributed by atoms with Crippen molar-refractivity contribution in [3.8, 4) is 11.5 Å². The molecule has 0 bridgehead atoms. The van der Waals surface area contributed by atoms with Gasteiger partial charge in [-0.05, 0) is 32.0 Å². The molecule has 1 atom stereocenters. The highest BCUT2D eigenvalue weighted by atomic mass is 79.9. The second-order valence-corrected chi connectivity index (χ2v) is 4.57. The van der Waals surface area contributed by atoms with E-state index in [4.69, 9.17) is 4.74 Å². The molecule has 1 unspecified atom stereocenters. The van der Waals surface area contributed by atoms with E-state index >= 15 is 0 Å². The lowest BCUT2D eigenvalue weighted by Gasteiger charge is -2.16. The van der Waals surface area contributed by atoms with Gasteiger partial charge < -0.3 is 9.47 Å². The number of halogens is 4. The van der Waals surface area contributed by atoms with Crippen LogP contribution in [0.25, 0.3) is 0 Å². The van der Waals surface area contributed by atoms with Crippen molar-refractivity contribution in [3.63, 3.8) is 0 Å². The molecule has 0 amide bonds. The van der Waals surface area contributed by atoms with Gasteiger partial charge in [-0.3, -0.25) is 4.79 Å². The summed E-state index contributed by atoms with van der Waals surface area (Å²) in [6.07, 6.45) is -4.81. The van der Waals surface area contributed by atoms with Gasteiger partial charge in [0.25, 0.3) is 0 Å². The number of ketones is 1. The molecule has 0 radical (unpaired) electrons. The molecule has 0 saturated heterocycles. The fraction of sp³-hybridized carbons (Fsp3) is 0.417. The summed E-state index contributed by atoms with van der Waals surface area (Å²) >= 11 is 3.04. The van der Waals surface area contributed by atoms with E-state index in [1.807, 2.05) is 0 Å². The van der Waals surface area contributed by atoms with Crippen molar-refractivity contribution < 1.29 is 27.4 Å². The first-order chi connectivity index (χ1) is 8.74. The summed E-state index contributed by atoms with van der Waals surface area (Å²) in [5.41, 5.74) is 0.0794. The van der Waals surface area contributed by atoms with Gasteiger partial charge in [-0.1, -0.05) is 15.9 Å². The Morgan fingerprint density at radius 2 is 2.05 bits per heavy atom. The molecular weight excluding hydrogens is 329 g/mol. The molecule has 7 heteroatoms. The van der Waals surface area contributed by atoms with Crippen LogP contribution >= 0.6 is 15.9 Å². The van der Waals surface area contributed by atoms with Gasteiger partial charge in [0.05, 0.1) is 6.61 Å². The molecule has 1 aromatic carbocycles. The molecule has 0 heterocycles. The fourth-order valence-corrected chi connectivity index (χ4v) is 1.78. The lowest BCUT2D eigenvalue weighted by molar-refractivity contribution is -0.274. The largest absolute Gasteiger partial charge is 0.573 e. The van der Waals surface area contributed by atoms with Crippen LogP contribution in [0.15, 0.2) is 18.2 Å². The third-order valence-electron chi connectivity index (χ3n) is 2.15. The second-order valence-electron chi connectivity index (χ2n) is 3.65. The summed E-state index contributed by atoms with van der Waals surface area (Å²) in [5, 5.41) is 0. The minimum atomic E-state index is -4.81. The van der Waals surface area contributed by atoms with Gasteiger partial charge >= 0.3 is 6.36 Å². The predicted octanol–water partition coefficient (Wildman–Crippen LogP) is 4.01. The van der Waals surface area contributed by atoms with Crippen LogP contribution in [0, 0.1) is 0 Å². The summed E-state index contributed by atoms with van der Waals surface area (Å²) in [6, 6.07) is 3.84.